The van der Waals surface area contributed by atoms with E-state index in [4.69, 9.17) is 0 Å². The van der Waals surface area contributed by atoms with Gasteiger partial charge in [-0.15, -0.1) is 0 Å². The molecular formula is C10H19NO. The molecule has 0 aromatic carbocycles. The molecule has 0 radical (unpaired) electrons. The van der Waals surface area contributed by atoms with Crippen LogP contribution in [0.1, 0.15) is 32.1 Å². The van der Waals surface area contributed by atoms with Gasteiger partial charge >= 0.3 is 0 Å². The summed E-state index contributed by atoms with van der Waals surface area (Å²) >= 11 is 0. The summed E-state index contributed by atoms with van der Waals surface area (Å²) in [7, 11) is 4.02. The highest BCUT2D eigenvalue weighted by Crippen LogP contribution is 2.29. The zero-order chi connectivity index (χ0) is 8.97. The third-order valence-electron chi connectivity index (χ3n) is 2.58. The van der Waals surface area contributed by atoms with Gasteiger partial charge in [0.05, 0.1) is 0 Å². The maximum atomic E-state index is 11.3. The Morgan fingerprint density at radius 1 is 1.42 bits per heavy atom. The molecule has 0 aliphatic heterocycles. The molecule has 1 rings (SSSR count). The number of hydrogen-bond donors (Lipinski definition) is 0. The van der Waals surface area contributed by atoms with Crippen LogP contribution >= 0.6 is 0 Å². The average Bonchev–Trinajstić information content (AvgIpc) is 1.93. The second kappa shape index (κ2) is 4.61. The van der Waals surface area contributed by atoms with Gasteiger partial charge in [-0.05, 0) is 20.0 Å². The first kappa shape index (κ1) is 9.72. The normalized spacial score (nSPS) is 17.9. The highest BCUT2D eigenvalue weighted by Gasteiger charge is 2.20. The van der Waals surface area contributed by atoms with Crippen molar-refractivity contribution in [2.75, 3.05) is 20.6 Å². The second-order valence-corrected chi connectivity index (χ2v) is 4.09. The molecule has 0 saturated heterocycles. The molecule has 0 unspecified atom stereocenters. The summed E-state index contributed by atoms with van der Waals surface area (Å²) in [6, 6.07) is 0. The number of carbonyl (C=O) groups is 1. The quantitative estimate of drug-likeness (QED) is 0.624. The number of hydrogen-bond acceptors (Lipinski definition) is 2. The van der Waals surface area contributed by atoms with E-state index in [2.05, 4.69) is 4.90 Å². The molecule has 0 heterocycles. The van der Waals surface area contributed by atoms with Crippen LogP contribution in [-0.4, -0.2) is 31.3 Å². The summed E-state index contributed by atoms with van der Waals surface area (Å²) in [5.41, 5.74) is 0. The third kappa shape index (κ3) is 3.35. The molecule has 2 nitrogen and oxygen atoms in total. The number of rotatable bonds is 5. The largest absolute Gasteiger partial charge is 0.309 e. The van der Waals surface area contributed by atoms with E-state index in [1.165, 1.54) is 19.3 Å². The Hall–Kier alpha value is -0.370. The Kier molecular flexibility index (Phi) is 3.73. The van der Waals surface area contributed by atoms with Gasteiger partial charge in [-0.25, -0.2) is 0 Å². The van der Waals surface area contributed by atoms with Crippen molar-refractivity contribution < 1.29 is 4.79 Å². The van der Waals surface area contributed by atoms with Gasteiger partial charge in [0.2, 0.25) is 0 Å². The lowest BCUT2D eigenvalue weighted by atomic mass is 9.81. The van der Waals surface area contributed by atoms with Crippen LogP contribution < -0.4 is 0 Å². The Labute approximate surface area is 74.9 Å². The van der Waals surface area contributed by atoms with E-state index in [0.29, 0.717) is 5.78 Å². The van der Waals surface area contributed by atoms with Crippen molar-refractivity contribution in [1.82, 2.24) is 4.90 Å². The molecule has 1 saturated carbocycles. The number of Topliss-reactive ketones (excluding diaryl/α,β-unsaturated/α-hetero) is 1. The second-order valence-electron chi connectivity index (χ2n) is 4.09. The Bertz CT molecular complexity index is 150. The van der Waals surface area contributed by atoms with E-state index in [-0.39, 0.29) is 0 Å². The minimum Gasteiger partial charge on any atom is -0.309 e. The van der Waals surface area contributed by atoms with Crippen LogP contribution in [0.15, 0.2) is 0 Å². The van der Waals surface area contributed by atoms with Gasteiger partial charge in [0.15, 0.2) is 0 Å². The summed E-state index contributed by atoms with van der Waals surface area (Å²) < 4.78 is 0. The molecule has 0 bridgehead atoms. The van der Waals surface area contributed by atoms with Gasteiger partial charge in [0.1, 0.15) is 5.78 Å². The van der Waals surface area contributed by atoms with E-state index >= 15 is 0 Å². The van der Waals surface area contributed by atoms with Crippen molar-refractivity contribution >= 4 is 5.78 Å². The lowest BCUT2D eigenvalue weighted by molar-refractivity contribution is -0.120. The molecular weight excluding hydrogens is 150 g/mol. The van der Waals surface area contributed by atoms with Crippen molar-refractivity contribution in [3.05, 3.63) is 0 Å². The van der Waals surface area contributed by atoms with Gasteiger partial charge in [-0.1, -0.05) is 19.3 Å². The topological polar surface area (TPSA) is 20.3 Å². The van der Waals surface area contributed by atoms with E-state index in [0.717, 1.165) is 25.3 Å². The van der Waals surface area contributed by atoms with Crippen LogP contribution in [0.2, 0.25) is 0 Å². The van der Waals surface area contributed by atoms with Gasteiger partial charge in [-0.3, -0.25) is 4.79 Å². The lowest BCUT2D eigenvalue weighted by Crippen LogP contribution is -2.20. The highest BCUT2D eigenvalue weighted by atomic mass is 16.1. The van der Waals surface area contributed by atoms with Crippen molar-refractivity contribution in [2.24, 2.45) is 5.92 Å². The predicted molar refractivity (Wildman–Crippen MR) is 50.1 cm³/mol. The van der Waals surface area contributed by atoms with Crippen LogP contribution in [-0.2, 0) is 4.79 Å². The van der Waals surface area contributed by atoms with Gasteiger partial charge < -0.3 is 4.90 Å². The fourth-order valence-corrected chi connectivity index (χ4v) is 1.47. The standard InChI is InChI=1S/C10H19NO/c1-11(2)7-6-10(12)8-9-4-3-5-9/h9H,3-8H2,1-2H3. The first-order valence-electron chi connectivity index (χ1n) is 4.85. The molecule has 70 valence electrons. The van der Waals surface area contributed by atoms with E-state index in [1.54, 1.807) is 0 Å². The zero-order valence-corrected chi connectivity index (χ0v) is 8.18. The Morgan fingerprint density at radius 2 is 2.08 bits per heavy atom. The zero-order valence-electron chi connectivity index (χ0n) is 8.18. The molecule has 1 aliphatic carbocycles. The summed E-state index contributed by atoms with van der Waals surface area (Å²) in [5.74, 6) is 1.19. The number of nitrogens with zero attached hydrogens (tertiary/aromatic N) is 1. The third-order valence-corrected chi connectivity index (χ3v) is 2.58. The van der Waals surface area contributed by atoms with E-state index < -0.39 is 0 Å². The van der Waals surface area contributed by atoms with Crippen LogP contribution in [0.4, 0.5) is 0 Å². The summed E-state index contributed by atoms with van der Waals surface area (Å²) in [6.07, 6.45) is 5.49. The molecule has 12 heavy (non-hydrogen) atoms. The van der Waals surface area contributed by atoms with E-state index in [9.17, 15) is 4.79 Å². The minimum absolute atomic E-state index is 0.452. The van der Waals surface area contributed by atoms with Crippen LogP contribution in [0.5, 0.6) is 0 Å². The van der Waals surface area contributed by atoms with Gasteiger partial charge in [-0.2, -0.15) is 0 Å². The van der Waals surface area contributed by atoms with Crippen LogP contribution in [0.25, 0.3) is 0 Å². The Morgan fingerprint density at radius 3 is 2.50 bits per heavy atom. The number of carbonyl (C=O) groups excluding carboxylic acids is 1. The lowest BCUT2D eigenvalue weighted by Gasteiger charge is -2.24. The average molecular weight is 169 g/mol. The molecule has 1 aliphatic rings. The Balaban J connectivity index is 2.03. The summed E-state index contributed by atoms with van der Waals surface area (Å²) in [4.78, 5) is 13.4. The molecule has 0 aromatic heterocycles. The first-order valence-corrected chi connectivity index (χ1v) is 4.85. The first-order chi connectivity index (χ1) is 5.68. The maximum Gasteiger partial charge on any atom is 0.134 e. The maximum absolute atomic E-state index is 11.3. The fourth-order valence-electron chi connectivity index (χ4n) is 1.47. The van der Waals surface area contributed by atoms with Gasteiger partial charge in [0, 0.05) is 19.4 Å². The van der Waals surface area contributed by atoms with E-state index in [1.807, 2.05) is 14.1 Å². The minimum atomic E-state index is 0.452. The SMILES string of the molecule is CN(C)CCC(=O)CC1CCC1. The van der Waals surface area contributed by atoms with Crippen molar-refractivity contribution in [3.63, 3.8) is 0 Å². The molecule has 2 heteroatoms. The smallest absolute Gasteiger partial charge is 0.134 e. The van der Waals surface area contributed by atoms with Crippen LogP contribution in [0, 0.1) is 5.92 Å². The fraction of sp³-hybridized carbons (Fsp3) is 0.900. The van der Waals surface area contributed by atoms with Gasteiger partial charge in [0.25, 0.3) is 0 Å². The summed E-state index contributed by atoms with van der Waals surface area (Å²) in [6.45, 7) is 0.908. The molecule has 0 amide bonds. The highest BCUT2D eigenvalue weighted by molar-refractivity contribution is 5.78. The molecule has 1 fully saturated rings. The summed E-state index contributed by atoms with van der Waals surface area (Å²) in [5, 5.41) is 0. The van der Waals surface area contributed by atoms with Crippen molar-refractivity contribution in [3.8, 4) is 0 Å². The molecule has 0 atom stereocenters. The predicted octanol–water partition coefficient (Wildman–Crippen LogP) is 1.70. The van der Waals surface area contributed by atoms with Crippen molar-refractivity contribution in [2.45, 2.75) is 32.1 Å². The van der Waals surface area contributed by atoms with Crippen LogP contribution in [0.3, 0.4) is 0 Å². The number of ketones is 1. The monoisotopic (exact) mass is 169 g/mol. The molecule has 0 N–H and O–H groups in total. The van der Waals surface area contributed by atoms with Crippen molar-refractivity contribution in [1.29, 1.82) is 0 Å². The molecule has 0 aromatic rings. The molecule has 0 spiro atoms.